The van der Waals surface area contributed by atoms with Crippen LogP contribution in [0.15, 0.2) is 29.2 Å². The third-order valence-corrected chi connectivity index (χ3v) is 4.97. The Morgan fingerprint density at radius 3 is 2.63 bits per heavy atom. The van der Waals surface area contributed by atoms with Crippen molar-refractivity contribution < 1.29 is 18.0 Å². The van der Waals surface area contributed by atoms with Gasteiger partial charge in [-0.1, -0.05) is 17.3 Å². The topological polar surface area (TPSA) is 71.8 Å². The number of aromatic nitrogens is 3. The molecule has 1 saturated heterocycles. The molecule has 6 nitrogen and oxygen atoms in total. The van der Waals surface area contributed by atoms with Crippen molar-refractivity contribution in [1.29, 1.82) is 0 Å². The maximum absolute atomic E-state index is 12.7. The SMILES string of the molecule is Cc1c(C(=O)Nc2ccccc2SC(F)(F)F)nnn1C1CCNCC1.Cl. The van der Waals surface area contributed by atoms with E-state index in [9.17, 15) is 18.0 Å². The number of rotatable bonds is 4. The van der Waals surface area contributed by atoms with Gasteiger partial charge in [0.25, 0.3) is 5.91 Å². The fourth-order valence-corrected chi connectivity index (χ4v) is 3.54. The number of carbonyl (C=O) groups excluding carboxylic acids is 1. The van der Waals surface area contributed by atoms with Gasteiger partial charge in [-0.3, -0.25) is 4.79 Å². The minimum atomic E-state index is -4.44. The summed E-state index contributed by atoms with van der Waals surface area (Å²) in [7, 11) is 0. The Kier molecular flexibility index (Phi) is 7.12. The number of para-hydroxylation sites is 1. The Bertz CT molecular complexity index is 793. The number of thioether (sulfide) groups is 1. The van der Waals surface area contributed by atoms with Crippen molar-refractivity contribution in [3.8, 4) is 0 Å². The lowest BCUT2D eigenvalue weighted by Gasteiger charge is -2.23. The van der Waals surface area contributed by atoms with Gasteiger partial charge in [-0.2, -0.15) is 13.2 Å². The molecule has 0 bridgehead atoms. The van der Waals surface area contributed by atoms with Gasteiger partial charge >= 0.3 is 5.51 Å². The summed E-state index contributed by atoms with van der Waals surface area (Å²) in [5.41, 5.74) is -3.61. The molecule has 1 aromatic carbocycles. The maximum atomic E-state index is 12.7. The number of benzene rings is 1. The van der Waals surface area contributed by atoms with E-state index in [1.54, 1.807) is 17.7 Å². The van der Waals surface area contributed by atoms with E-state index < -0.39 is 11.4 Å². The minimum Gasteiger partial charge on any atom is -0.319 e. The first-order chi connectivity index (χ1) is 12.3. The standard InChI is InChI=1S/C16H18F3N5OS.ClH/c1-10-14(22-23-24(10)11-6-8-20-9-7-11)15(25)21-12-4-2-3-5-13(12)26-16(17,18)19;/h2-5,11,20H,6-9H2,1H3,(H,21,25);1H. The molecule has 2 heterocycles. The molecule has 1 aliphatic rings. The van der Waals surface area contributed by atoms with Crippen LogP contribution in [0.25, 0.3) is 0 Å². The van der Waals surface area contributed by atoms with Crippen LogP contribution in [0.5, 0.6) is 0 Å². The van der Waals surface area contributed by atoms with Gasteiger partial charge in [0.15, 0.2) is 5.69 Å². The van der Waals surface area contributed by atoms with E-state index in [0.717, 1.165) is 25.9 Å². The molecule has 0 saturated carbocycles. The zero-order chi connectivity index (χ0) is 18.7. The van der Waals surface area contributed by atoms with Crippen molar-refractivity contribution in [2.75, 3.05) is 18.4 Å². The third-order valence-electron chi connectivity index (χ3n) is 4.16. The summed E-state index contributed by atoms with van der Waals surface area (Å²) in [6.45, 7) is 3.48. The first-order valence-corrected chi connectivity index (χ1v) is 8.95. The number of nitrogens with zero attached hydrogens (tertiary/aromatic N) is 3. The van der Waals surface area contributed by atoms with Crippen LogP contribution in [0.3, 0.4) is 0 Å². The highest BCUT2D eigenvalue weighted by atomic mass is 35.5. The normalized spacial score (nSPS) is 15.3. The first-order valence-electron chi connectivity index (χ1n) is 8.14. The number of alkyl halides is 3. The molecule has 1 aromatic heterocycles. The van der Waals surface area contributed by atoms with Crippen LogP contribution < -0.4 is 10.6 Å². The van der Waals surface area contributed by atoms with E-state index in [1.165, 1.54) is 18.2 Å². The summed E-state index contributed by atoms with van der Waals surface area (Å²) >= 11 is -0.266. The lowest BCUT2D eigenvalue weighted by molar-refractivity contribution is -0.0328. The summed E-state index contributed by atoms with van der Waals surface area (Å²) in [4.78, 5) is 12.4. The predicted octanol–water partition coefficient (Wildman–Crippen LogP) is 3.80. The number of halogens is 4. The number of hydrogen-bond acceptors (Lipinski definition) is 5. The van der Waals surface area contributed by atoms with Gasteiger partial charge in [-0.05, 0) is 56.7 Å². The molecule has 3 rings (SSSR count). The second-order valence-electron chi connectivity index (χ2n) is 5.95. The van der Waals surface area contributed by atoms with Crippen LogP contribution in [0.4, 0.5) is 18.9 Å². The molecule has 2 aromatic rings. The number of hydrogen-bond donors (Lipinski definition) is 2. The monoisotopic (exact) mass is 421 g/mol. The van der Waals surface area contributed by atoms with E-state index >= 15 is 0 Å². The highest BCUT2D eigenvalue weighted by molar-refractivity contribution is 8.00. The number of carbonyl (C=O) groups is 1. The zero-order valence-corrected chi connectivity index (χ0v) is 16.0. The fourth-order valence-electron chi connectivity index (χ4n) is 2.91. The van der Waals surface area contributed by atoms with Crippen molar-refractivity contribution in [2.45, 2.75) is 36.2 Å². The maximum Gasteiger partial charge on any atom is 0.446 e. The zero-order valence-electron chi connectivity index (χ0n) is 14.4. The van der Waals surface area contributed by atoms with Gasteiger partial charge < -0.3 is 10.6 Å². The van der Waals surface area contributed by atoms with Crippen LogP contribution in [0.1, 0.15) is 35.1 Å². The highest BCUT2D eigenvalue weighted by Crippen LogP contribution is 2.40. The molecule has 1 fully saturated rings. The molecule has 0 spiro atoms. The molecule has 2 N–H and O–H groups in total. The van der Waals surface area contributed by atoms with Crippen LogP contribution in [0, 0.1) is 6.92 Å². The lowest BCUT2D eigenvalue weighted by Crippen LogP contribution is -2.30. The van der Waals surface area contributed by atoms with E-state index in [4.69, 9.17) is 0 Å². The average Bonchev–Trinajstić information content (AvgIpc) is 2.98. The summed E-state index contributed by atoms with van der Waals surface area (Å²) < 4.78 is 39.8. The summed E-state index contributed by atoms with van der Waals surface area (Å²) in [5.74, 6) is -0.571. The van der Waals surface area contributed by atoms with Crippen LogP contribution in [-0.2, 0) is 0 Å². The number of piperidine rings is 1. The summed E-state index contributed by atoms with van der Waals surface area (Å²) in [6, 6.07) is 5.96. The first kappa shape index (κ1) is 21.5. The van der Waals surface area contributed by atoms with Gasteiger partial charge in [-0.15, -0.1) is 17.5 Å². The molecular weight excluding hydrogens is 403 g/mol. The highest BCUT2D eigenvalue weighted by Gasteiger charge is 2.31. The molecule has 0 atom stereocenters. The minimum absolute atomic E-state index is 0. The van der Waals surface area contributed by atoms with E-state index in [2.05, 4.69) is 20.9 Å². The number of anilines is 1. The molecule has 0 unspecified atom stereocenters. The van der Waals surface area contributed by atoms with E-state index in [0.29, 0.717) is 5.69 Å². The van der Waals surface area contributed by atoms with Gasteiger partial charge in [0.2, 0.25) is 0 Å². The Labute approximate surface area is 164 Å². The Balaban J connectivity index is 0.00000261. The van der Waals surface area contributed by atoms with Crippen LogP contribution in [0.2, 0.25) is 0 Å². The number of nitrogens with one attached hydrogen (secondary N) is 2. The third kappa shape index (κ3) is 5.36. The smallest absolute Gasteiger partial charge is 0.319 e. The Morgan fingerprint density at radius 2 is 1.96 bits per heavy atom. The largest absolute Gasteiger partial charge is 0.446 e. The van der Waals surface area contributed by atoms with Crippen LogP contribution >= 0.6 is 24.2 Å². The molecular formula is C16H19ClF3N5OS. The molecule has 1 aliphatic heterocycles. The quantitative estimate of drug-likeness (QED) is 0.735. The van der Waals surface area contributed by atoms with E-state index in [1.807, 2.05) is 0 Å². The van der Waals surface area contributed by atoms with Gasteiger partial charge in [0.1, 0.15) is 0 Å². The molecule has 1 amide bonds. The second kappa shape index (κ2) is 8.94. The van der Waals surface area contributed by atoms with Crippen molar-refractivity contribution in [1.82, 2.24) is 20.3 Å². The molecule has 27 heavy (non-hydrogen) atoms. The van der Waals surface area contributed by atoms with Crippen molar-refractivity contribution >= 4 is 35.8 Å². The van der Waals surface area contributed by atoms with Gasteiger partial charge in [0, 0.05) is 4.90 Å². The summed E-state index contributed by atoms with van der Waals surface area (Å²) in [6.07, 6.45) is 1.77. The average molecular weight is 422 g/mol. The predicted molar refractivity (Wildman–Crippen MR) is 99.5 cm³/mol. The summed E-state index contributed by atoms with van der Waals surface area (Å²) in [5, 5.41) is 13.8. The van der Waals surface area contributed by atoms with Gasteiger partial charge in [0.05, 0.1) is 17.4 Å². The van der Waals surface area contributed by atoms with Gasteiger partial charge in [-0.25, -0.2) is 4.68 Å². The fraction of sp³-hybridized carbons (Fsp3) is 0.438. The Morgan fingerprint density at radius 1 is 1.30 bits per heavy atom. The molecule has 0 aliphatic carbocycles. The Hall–Kier alpha value is -1.78. The van der Waals surface area contributed by atoms with Crippen molar-refractivity contribution in [3.05, 3.63) is 35.7 Å². The molecule has 0 radical (unpaired) electrons. The second-order valence-corrected chi connectivity index (χ2v) is 7.05. The molecule has 11 heteroatoms. The number of amides is 1. The van der Waals surface area contributed by atoms with Crippen molar-refractivity contribution in [2.24, 2.45) is 0 Å². The molecule has 148 valence electrons. The van der Waals surface area contributed by atoms with E-state index in [-0.39, 0.29) is 46.5 Å². The van der Waals surface area contributed by atoms with Crippen molar-refractivity contribution in [3.63, 3.8) is 0 Å². The van der Waals surface area contributed by atoms with Crippen LogP contribution in [-0.4, -0.2) is 39.5 Å². The lowest BCUT2D eigenvalue weighted by atomic mass is 10.1.